The van der Waals surface area contributed by atoms with Gasteiger partial charge in [-0.1, -0.05) is 6.07 Å². The van der Waals surface area contributed by atoms with E-state index in [9.17, 15) is 0 Å². The molecule has 0 amide bonds. The molecular formula is C15H10IN3. The van der Waals surface area contributed by atoms with Crippen molar-refractivity contribution >= 4 is 22.6 Å². The number of hydrogen-bond acceptors (Lipinski definition) is 3. The lowest BCUT2D eigenvalue weighted by Gasteiger charge is -2.06. The van der Waals surface area contributed by atoms with Gasteiger partial charge in [0.2, 0.25) is 0 Å². The van der Waals surface area contributed by atoms with Gasteiger partial charge in [-0.25, -0.2) is 0 Å². The summed E-state index contributed by atoms with van der Waals surface area (Å²) in [5.41, 5.74) is 4.14. The van der Waals surface area contributed by atoms with Gasteiger partial charge in [-0.3, -0.25) is 15.0 Å². The van der Waals surface area contributed by atoms with Gasteiger partial charge >= 0.3 is 0 Å². The summed E-state index contributed by atoms with van der Waals surface area (Å²) in [6.45, 7) is 0. The highest BCUT2D eigenvalue weighted by atomic mass is 127. The van der Waals surface area contributed by atoms with Crippen LogP contribution in [0.5, 0.6) is 0 Å². The van der Waals surface area contributed by atoms with Gasteiger partial charge in [-0.05, 0) is 46.9 Å². The van der Waals surface area contributed by atoms with Crippen molar-refractivity contribution in [2.75, 3.05) is 0 Å². The molecule has 0 fully saturated rings. The van der Waals surface area contributed by atoms with Crippen molar-refractivity contribution < 1.29 is 0 Å². The summed E-state index contributed by atoms with van der Waals surface area (Å²) < 4.78 is 1.10. The summed E-state index contributed by atoms with van der Waals surface area (Å²) in [6.07, 6.45) is 9.08. The molecule has 0 N–H and O–H groups in total. The van der Waals surface area contributed by atoms with Crippen LogP contribution in [0.1, 0.15) is 0 Å². The van der Waals surface area contributed by atoms with Gasteiger partial charge in [0, 0.05) is 51.2 Å². The molecule has 0 saturated carbocycles. The van der Waals surface area contributed by atoms with Gasteiger partial charge in [0.25, 0.3) is 0 Å². The Morgan fingerprint density at radius 2 is 1.47 bits per heavy atom. The lowest BCUT2D eigenvalue weighted by atomic mass is 10.1. The molecule has 3 heterocycles. The SMILES string of the molecule is Ic1cc(-c2cccnc2)cnc1-c1cccnc1. The molecule has 0 unspecified atom stereocenters. The predicted octanol–water partition coefficient (Wildman–Crippen LogP) is 3.81. The summed E-state index contributed by atoms with van der Waals surface area (Å²) in [5, 5.41) is 0. The molecule has 0 aliphatic heterocycles. The fourth-order valence-corrected chi connectivity index (χ4v) is 2.63. The van der Waals surface area contributed by atoms with Gasteiger partial charge in [-0.15, -0.1) is 0 Å². The molecule has 0 aliphatic rings. The van der Waals surface area contributed by atoms with Crippen molar-refractivity contribution in [2.45, 2.75) is 0 Å². The van der Waals surface area contributed by atoms with Gasteiger partial charge in [0.15, 0.2) is 0 Å². The van der Waals surface area contributed by atoms with Crippen LogP contribution in [0.4, 0.5) is 0 Å². The molecule has 3 aromatic heterocycles. The zero-order valence-electron chi connectivity index (χ0n) is 9.99. The Bertz CT molecular complexity index is 684. The fourth-order valence-electron chi connectivity index (χ4n) is 1.84. The van der Waals surface area contributed by atoms with E-state index in [2.05, 4.69) is 43.6 Å². The van der Waals surface area contributed by atoms with Crippen LogP contribution in [0.3, 0.4) is 0 Å². The van der Waals surface area contributed by atoms with E-state index in [1.165, 1.54) is 0 Å². The number of nitrogens with zero attached hydrogens (tertiary/aromatic N) is 3. The van der Waals surface area contributed by atoms with Crippen LogP contribution in [0.25, 0.3) is 22.4 Å². The minimum Gasteiger partial charge on any atom is -0.264 e. The van der Waals surface area contributed by atoms with Gasteiger partial charge in [-0.2, -0.15) is 0 Å². The van der Waals surface area contributed by atoms with Gasteiger partial charge < -0.3 is 0 Å². The number of rotatable bonds is 2. The van der Waals surface area contributed by atoms with Crippen LogP contribution in [0.15, 0.2) is 61.3 Å². The van der Waals surface area contributed by atoms with Gasteiger partial charge in [0.1, 0.15) is 0 Å². The lowest BCUT2D eigenvalue weighted by Crippen LogP contribution is -1.90. The normalized spacial score (nSPS) is 10.4. The summed E-state index contributed by atoms with van der Waals surface area (Å²) in [5.74, 6) is 0. The van der Waals surface area contributed by atoms with E-state index < -0.39 is 0 Å². The first kappa shape index (κ1) is 12.2. The largest absolute Gasteiger partial charge is 0.264 e. The van der Waals surface area contributed by atoms with E-state index in [0.29, 0.717) is 0 Å². The lowest BCUT2D eigenvalue weighted by molar-refractivity contribution is 1.26. The number of halogens is 1. The van der Waals surface area contributed by atoms with Crippen LogP contribution in [0.2, 0.25) is 0 Å². The van der Waals surface area contributed by atoms with Gasteiger partial charge in [0.05, 0.1) is 5.69 Å². The monoisotopic (exact) mass is 359 g/mol. The van der Waals surface area contributed by atoms with E-state index in [0.717, 1.165) is 26.0 Å². The van der Waals surface area contributed by atoms with E-state index in [1.54, 1.807) is 12.4 Å². The molecule has 0 saturated heterocycles. The molecule has 0 bridgehead atoms. The summed E-state index contributed by atoms with van der Waals surface area (Å²) in [4.78, 5) is 12.8. The van der Waals surface area contributed by atoms with E-state index >= 15 is 0 Å². The highest BCUT2D eigenvalue weighted by Crippen LogP contribution is 2.26. The molecule has 0 spiro atoms. The minimum atomic E-state index is 0.960. The maximum absolute atomic E-state index is 4.55. The summed E-state index contributed by atoms with van der Waals surface area (Å²) >= 11 is 2.31. The fraction of sp³-hybridized carbons (Fsp3) is 0. The Kier molecular flexibility index (Phi) is 3.50. The molecule has 4 heteroatoms. The third-order valence-electron chi connectivity index (χ3n) is 2.77. The average molecular weight is 359 g/mol. The first-order chi connectivity index (χ1) is 9.34. The molecule has 19 heavy (non-hydrogen) atoms. The highest BCUT2D eigenvalue weighted by Gasteiger charge is 2.07. The number of pyridine rings is 3. The Hall–Kier alpha value is -1.82. The number of hydrogen-bond donors (Lipinski definition) is 0. The van der Waals surface area contributed by atoms with Crippen LogP contribution >= 0.6 is 22.6 Å². The summed E-state index contributed by atoms with van der Waals surface area (Å²) in [6, 6.07) is 10.0. The zero-order valence-corrected chi connectivity index (χ0v) is 12.2. The Labute approximate surface area is 124 Å². The molecule has 3 nitrogen and oxygen atoms in total. The average Bonchev–Trinajstić information content (AvgIpc) is 2.49. The third kappa shape index (κ3) is 2.63. The predicted molar refractivity (Wildman–Crippen MR) is 83.4 cm³/mol. The van der Waals surface area contributed by atoms with Crippen LogP contribution in [0, 0.1) is 3.57 Å². The molecule has 0 aliphatic carbocycles. The number of aromatic nitrogens is 3. The Morgan fingerprint density at radius 1 is 0.789 bits per heavy atom. The van der Waals surface area contributed by atoms with E-state index in [4.69, 9.17) is 0 Å². The molecule has 0 aromatic carbocycles. The maximum Gasteiger partial charge on any atom is 0.0851 e. The van der Waals surface area contributed by atoms with Crippen LogP contribution < -0.4 is 0 Å². The molecule has 0 atom stereocenters. The zero-order chi connectivity index (χ0) is 13.1. The van der Waals surface area contributed by atoms with Crippen molar-refractivity contribution in [1.82, 2.24) is 15.0 Å². The van der Waals surface area contributed by atoms with Crippen LogP contribution in [-0.4, -0.2) is 15.0 Å². The van der Waals surface area contributed by atoms with Crippen molar-refractivity contribution in [2.24, 2.45) is 0 Å². The molecule has 3 rings (SSSR count). The molecule has 3 aromatic rings. The quantitative estimate of drug-likeness (QED) is 0.654. The maximum atomic E-state index is 4.55. The van der Waals surface area contributed by atoms with E-state index in [1.807, 2.05) is 42.9 Å². The second-order valence-electron chi connectivity index (χ2n) is 4.04. The van der Waals surface area contributed by atoms with Crippen molar-refractivity contribution in [3.63, 3.8) is 0 Å². The Morgan fingerprint density at radius 3 is 2.05 bits per heavy atom. The molecule has 0 radical (unpaired) electrons. The first-order valence-electron chi connectivity index (χ1n) is 5.81. The summed E-state index contributed by atoms with van der Waals surface area (Å²) in [7, 11) is 0. The minimum absolute atomic E-state index is 0.960. The highest BCUT2D eigenvalue weighted by molar-refractivity contribution is 14.1. The molecular weight excluding hydrogens is 349 g/mol. The third-order valence-corrected chi connectivity index (χ3v) is 3.59. The van der Waals surface area contributed by atoms with Crippen molar-refractivity contribution in [1.29, 1.82) is 0 Å². The van der Waals surface area contributed by atoms with Crippen molar-refractivity contribution in [3.05, 3.63) is 64.9 Å². The van der Waals surface area contributed by atoms with Crippen molar-refractivity contribution in [3.8, 4) is 22.4 Å². The topological polar surface area (TPSA) is 38.7 Å². The first-order valence-corrected chi connectivity index (χ1v) is 6.89. The standard InChI is InChI=1S/C15H10IN3/c16-14-7-13(11-3-1-5-17-8-11)10-19-15(14)12-4-2-6-18-9-12/h1-10H. The Balaban J connectivity index is 2.04. The second-order valence-corrected chi connectivity index (χ2v) is 5.20. The molecule has 92 valence electrons. The smallest absolute Gasteiger partial charge is 0.0851 e. The van der Waals surface area contributed by atoms with E-state index in [-0.39, 0.29) is 0 Å². The van der Waals surface area contributed by atoms with Crippen LogP contribution in [-0.2, 0) is 0 Å². The second kappa shape index (κ2) is 5.44.